The van der Waals surface area contributed by atoms with Gasteiger partial charge in [-0.2, -0.15) is 0 Å². The maximum atomic E-state index is 9.30. The summed E-state index contributed by atoms with van der Waals surface area (Å²) in [7, 11) is 1.65. The van der Waals surface area contributed by atoms with Crippen LogP contribution in [0.1, 0.15) is 38.2 Å². The van der Waals surface area contributed by atoms with Gasteiger partial charge in [-0.1, -0.05) is 23.7 Å². The summed E-state index contributed by atoms with van der Waals surface area (Å²) in [5.41, 5.74) is 3.13. The molecule has 0 saturated heterocycles. The van der Waals surface area contributed by atoms with E-state index >= 15 is 0 Å². The fourth-order valence-corrected chi connectivity index (χ4v) is 2.88. The summed E-state index contributed by atoms with van der Waals surface area (Å²) in [6, 6.07) is 7.66. The third kappa shape index (κ3) is 8.22. The molecule has 2 rings (SSSR count). The summed E-state index contributed by atoms with van der Waals surface area (Å²) in [6.07, 6.45) is 6.38. The highest BCUT2D eigenvalue weighted by atomic mass is 16.5. The van der Waals surface area contributed by atoms with E-state index in [9.17, 15) is 5.21 Å². The number of carboxylic acid groups (broad SMARTS) is 2. The topological polar surface area (TPSA) is 120 Å². The molecule has 0 atom stereocenters. The van der Waals surface area contributed by atoms with E-state index in [1.165, 1.54) is 12.0 Å². The Labute approximate surface area is 164 Å². The minimum atomic E-state index is -1.82. The quantitative estimate of drug-likeness (QED) is 0.215. The summed E-state index contributed by atoms with van der Waals surface area (Å²) in [5.74, 6) is -2.84. The molecule has 0 aromatic heterocycles. The Morgan fingerprint density at radius 2 is 1.82 bits per heavy atom. The van der Waals surface area contributed by atoms with Crippen molar-refractivity contribution in [3.05, 3.63) is 41.5 Å². The Kier molecular flexibility index (Phi) is 10.3. The SMILES string of the molecule is CCCN1CCC=C(CCC(=NO)c2ccc(OC)cc2)C1.O=C(O)C(=O)O. The Hall–Kier alpha value is -2.87. The third-order valence-corrected chi connectivity index (χ3v) is 4.25. The molecule has 0 unspecified atom stereocenters. The molecule has 0 aliphatic carbocycles. The fourth-order valence-electron chi connectivity index (χ4n) is 2.88. The van der Waals surface area contributed by atoms with Crippen LogP contribution in [0.15, 0.2) is 41.1 Å². The van der Waals surface area contributed by atoms with Crippen LogP contribution in [0.25, 0.3) is 0 Å². The predicted octanol–water partition coefficient (Wildman–Crippen LogP) is 2.85. The standard InChI is InChI=1S/C18H26N2O2.C2H2O4/c1-3-12-20-13-4-5-15(14-20)6-11-18(19-21)16-7-9-17(22-2)10-8-16;3-1(4)2(5)6/h5,7-10,21H,3-4,6,11-14H2,1-2H3;(H,3,4)(H,5,6). The molecule has 1 aromatic carbocycles. The number of aliphatic carboxylic acids is 2. The number of rotatable bonds is 7. The van der Waals surface area contributed by atoms with Gasteiger partial charge in [0.05, 0.1) is 12.8 Å². The van der Waals surface area contributed by atoms with Gasteiger partial charge in [0.25, 0.3) is 0 Å². The molecule has 1 aliphatic heterocycles. The maximum absolute atomic E-state index is 9.30. The second-order valence-corrected chi connectivity index (χ2v) is 6.31. The normalized spacial score (nSPS) is 14.5. The summed E-state index contributed by atoms with van der Waals surface area (Å²) >= 11 is 0. The Morgan fingerprint density at radius 3 is 2.32 bits per heavy atom. The van der Waals surface area contributed by atoms with Gasteiger partial charge >= 0.3 is 11.9 Å². The molecule has 0 radical (unpaired) electrons. The van der Waals surface area contributed by atoms with E-state index in [0.29, 0.717) is 0 Å². The first-order chi connectivity index (χ1) is 13.4. The molecule has 154 valence electrons. The molecule has 1 aromatic rings. The summed E-state index contributed by atoms with van der Waals surface area (Å²) in [6.45, 7) is 5.60. The molecule has 8 heteroatoms. The number of benzene rings is 1. The second kappa shape index (κ2) is 12.5. The van der Waals surface area contributed by atoms with Crippen molar-refractivity contribution in [3.8, 4) is 5.75 Å². The van der Waals surface area contributed by atoms with Crippen molar-refractivity contribution in [2.45, 2.75) is 32.6 Å². The van der Waals surface area contributed by atoms with E-state index in [2.05, 4.69) is 23.1 Å². The molecule has 1 heterocycles. The first-order valence-electron chi connectivity index (χ1n) is 9.13. The molecule has 0 fully saturated rings. The number of nitrogens with zero attached hydrogens (tertiary/aromatic N) is 2. The number of hydrogen-bond acceptors (Lipinski definition) is 6. The molecular formula is C20H28N2O6. The van der Waals surface area contributed by atoms with E-state index in [4.69, 9.17) is 24.5 Å². The van der Waals surface area contributed by atoms with Crippen LogP contribution >= 0.6 is 0 Å². The van der Waals surface area contributed by atoms with Crippen molar-refractivity contribution in [1.82, 2.24) is 4.90 Å². The van der Waals surface area contributed by atoms with Crippen LogP contribution in [0, 0.1) is 0 Å². The molecule has 0 saturated carbocycles. The van der Waals surface area contributed by atoms with Gasteiger partial charge in [0, 0.05) is 13.1 Å². The zero-order valence-corrected chi connectivity index (χ0v) is 16.3. The predicted molar refractivity (Wildman–Crippen MR) is 105 cm³/mol. The number of methoxy groups -OCH3 is 1. The Balaban J connectivity index is 0.000000568. The molecule has 8 nitrogen and oxygen atoms in total. The van der Waals surface area contributed by atoms with E-state index in [1.54, 1.807) is 7.11 Å². The lowest BCUT2D eigenvalue weighted by molar-refractivity contribution is -0.159. The number of oxime groups is 1. The summed E-state index contributed by atoms with van der Waals surface area (Å²) in [4.78, 5) is 20.7. The lowest BCUT2D eigenvalue weighted by Crippen LogP contribution is -2.30. The van der Waals surface area contributed by atoms with E-state index < -0.39 is 11.9 Å². The average molecular weight is 392 g/mol. The number of carbonyl (C=O) groups is 2. The first-order valence-corrected chi connectivity index (χ1v) is 9.13. The van der Waals surface area contributed by atoms with Crippen LogP contribution in [0.2, 0.25) is 0 Å². The lowest BCUT2D eigenvalue weighted by atomic mass is 9.99. The maximum Gasteiger partial charge on any atom is 0.414 e. The lowest BCUT2D eigenvalue weighted by Gasteiger charge is -2.26. The minimum absolute atomic E-state index is 0.733. The van der Waals surface area contributed by atoms with Crippen molar-refractivity contribution in [3.63, 3.8) is 0 Å². The van der Waals surface area contributed by atoms with Crippen LogP contribution in [0.4, 0.5) is 0 Å². The molecule has 1 aliphatic rings. The van der Waals surface area contributed by atoms with Gasteiger partial charge in [0.2, 0.25) is 0 Å². The highest BCUT2D eigenvalue weighted by Gasteiger charge is 2.13. The molecule has 0 amide bonds. The van der Waals surface area contributed by atoms with Crippen LogP contribution in [-0.4, -0.2) is 64.7 Å². The van der Waals surface area contributed by atoms with Gasteiger partial charge in [-0.05, 0) is 62.1 Å². The van der Waals surface area contributed by atoms with E-state index in [-0.39, 0.29) is 0 Å². The summed E-state index contributed by atoms with van der Waals surface area (Å²) < 4.78 is 5.16. The van der Waals surface area contributed by atoms with Crippen LogP contribution in [-0.2, 0) is 9.59 Å². The van der Waals surface area contributed by atoms with Gasteiger partial charge in [-0.25, -0.2) is 9.59 Å². The van der Waals surface area contributed by atoms with Gasteiger partial charge in [-0.3, -0.25) is 4.90 Å². The molecular weight excluding hydrogens is 364 g/mol. The van der Waals surface area contributed by atoms with Crippen LogP contribution < -0.4 is 4.74 Å². The number of hydrogen-bond donors (Lipinski definition) is 3. The monoisotopic (exact) mass is 392 g/mol. The molecule has 3 N–H and O–H groups in total. The van der Waals surface area contributed by atoms with Crippen molar-refractivity contribution in [2.75, 3.05) is 26.7 Å². The van der Waals surface area contributed by atoms with Gasteiger partial charge in [-0.15, -0.1) is 0 Å². The zero-order valence-electron chi connectivity index (χ0n) is 16.3. The number of carboxylic acids is 2. The first kappa shape index (κ1) is 23.2. The van der Waals surface area contributed by atoms with Gasteiger partial charge in [0.15, 0.2) is 0 Å². The van der Waals surface area contributed by atoms with Gasteiger partial charge in [0.1, 0.15) is 5.75 Å². The highest BCUT2D eigenvalue weighted by molar-refractivity contribution is 6.27. The fraction of sp³-hybridized carbons (Fsp3) is 0.450. The van der Waals surface area contributed by atoms with Crippen molar-refractivity contribution >= 4 is 17.7 Å². The second-order valence-electron chi connectivity index (χ2n) is 6.31. The van der Waals surface area contributed by atoms with Gasteiger partial charge < -0.3 is 20.2 Å². The van der Waals surface area contributed by atoms with Crippen molar-refractivity contribution < 1.29 is 29.7 Å². The van der Waals surface area contributed by atoms with Crippen molar-refractivity contribution in [1.29, 1.82) is 0 Å². The molecule has 0 spiro atoms. The van der Waals surface area contributed by atoms with Crippen LogP contribution in [0.5, 0.6) is 5.75 Å². The third-order valence-electron chi connectivity index (χ3n) is 4.25. The molecule has 0 bridgehead atoms. The van der Waals surface area contributed by atoms with Crippen molar-refractivity contribution in [2.24, 2.45) is 5.16 Å². The largest absolute Gasteiger partial charge is 0.497 e. The van der Waals surface area contributed by atoms with E-state index in [0.717, 1.165) is 55.9 Å². The molecule has 28 heavy (non-hydrogen) atoms. The zero-order chi connectivity index (χ0) is 20.9. The average Bonchev–Trinajstić information content (AvgIpc) is 2.70. The number of ether oxygens (including phenoxy) is 1. The van der Waals surface area contributed by atoms with E-state index in [1.807, 2.05) is 24.3 Å². The summed E-state index contributed by atoms with van der Waals surface area (Å²) in [5, 5.41) is 27.6. The minimum Gasteiger partial charge on any atom is -0.497 e. The Bertz CT molecular complexity index is 685. The highest BCUT2D eigenvalue weighted by Crippen LogP contribution is 2.18. The smallest absolute Gasteiger partial charge is 0.414 e. The van der Waals surface area contributed by atoms with Crippen LogP contribution in [0.3, 0.4) is 0 Å². The Morgan fingerprint density at radius 1 is 1.18 bits per heavy atom.